The van der Waals surface area contributed by atoms with E-state index in [-0.39, 0.29) is 17.2 Å². The maximum Gasteiger partial charge on any atom is 0.267 e. The second-order valence-corrected chi connectivity index (χ2v) is 12.0. The molecule has 0 spiro atoms. The Morgan fingerprint density at radius 3 is 2.48 bits per heavy atom. The minimum atomic E-state index is -0.130. The molecule has 0 bridgehead atoms. The standard InChI is InChI=1S/C28H29N3O4S2.C3H7NO/c1-34-20-13-11-18(12-14-20)16-29-24(32)17-36-28-30-26-25(22-9-4-3-5-10-23(22)37-26)27(33)31(28)19-7-6-8-21(15-19)35-2;1-4(2)3-5/h6-8,11-15H,3-5,9-10,16-17H2,1-2H3,(H,29,32);3H,1-2H3. The van der Waals surface area contributed by atoms with Crippen molar-refractivity contribution < 1.29 is 19.1 Å². The molecule has 2 heterocycles. The van der Waals surface area contributed by atoms with Crippen molar-refractivity contribution in [3.63, 3.8) is 0 Å². The lowest BCUT2D eigenvalue weighted by Crippen LogP contribution is -2.26. The molecule has 0 atom stereocenters. The third-order valence-corrected chi connectivity index (χ3v) is 8.84. The van der Waals surface area contributed by atoms with Gasteiger partial charge in [-0.3, -0.25) is 19.0 Å². The van der Waals surface area contributed by atoms with E-state index in [2.05, 4.69) is 5.32 Å². The second-order valence-electron chi connectivity index (χ2n) is 9.96. The summed E-state index contributed by atoms with van der Waals surface area (Å²) >= 11 is 2.89. The van der Waals surface area contributed by atoms with Crippen LogP contribution in [0.4, 0.5) is 0 Å². The Morgan fingerprint density at radius 1 is 1.07 bits per heavy atom. The number of hydrogen-bond donors (Lipinski definition) is 1. The number of carbonyl (C=O) groups excluding carboxylic acids is 2. The highest BCUT2D eigenvalue weighted by Gasteiger charge is 2.23. The molecule has 0 saturated carbocycles. The summed E-state index contributed by atoms with van der Waals surface area (Å²) in [6, 6.07) is 15.0. The molecule has 1 aliphatic rings. The number of carbonyl (C=O) groups is 2. The number of thiophene rings is 1. The van der Waals surface area contributed by atoms with Gasteiger partial charge in [0.05, 0.1) is 31.0 Å². The molecule has 2 aromatic carbocycles. The molecule has 42 heavy (non-hydrogen) atoms. The zero-order chi connectivity index (χ0) is 30.1. The number of aromatic nitrogens is 2. The van der Waals surface area contributed by atoms with Crippen LogP contribution in [0.15, 0.2) is 58.5 Å². The fourth-order valence-electron chi connectivity index (χ4n) is 4.56. The highest BCUT2D eigenvalue weighted by atomic mass is 32.2. The Hall–Kier alpha value is -3.83. The third-order valence-electron chi connectivity index (χ3n) is 6.71. The number of aryl methyl sites for hydroxylation is 2. The first-order chi connectivity index (χ1) is 20.3. The van der Waals surface area contributed by atoms with E-state index in [9.17, 15) is 14.4 Å². The van der Waals surface area contributed by atoms with Gasteiger partial charge in [0.2, 0.25) is 12.3 Å². The highest BCUT2D eigenvalue weighted by Crippen LogP contribution is 2.35. The number of fused-ring (bicyclic) bond motifs is 3. The smallest absolute Gasteiger partial charge is 0.267 e. The van der Waals surface area contributed by atoms with Crippen molar-refractivity contribution in [3.8, 4) is 17.2 Å². The summed E-state index contributed by atoms with van der Waals surface area (Å²) < 4.78 is 12.2. The van der Waals surface area contributed by atoms with Crippen LogP contribution in [0.2, 0.25) is 0 Å². The predicted molar refractivity (Wildman–Crippen MR) is 168 cm³/mol. The molecule has 1 N–H and O–H groups in total. The fraction of sp³-hybridized carbons (Fsp3) is 0.355. The zero-order valence-electron chi connectivity index (χ0n) is 24.3. The normalized spacial score (nSPS) is 12.4. The van der Waals surface area contributed by atoms with Gasteiger partial charge in [0, 0.05) is 31.6 Å². The van der Waals surface area contributed by atoms with E-state index < -0.39 is 0 Å². The molecule has 0 fully saturated rings. The molecular weight excluding hydrogens is 572 g/mol. The summed E-state index contributed by atoms with van der Waals surface area (Å²) in [5.74, 6) is 1.44. The Morgan fingerprint density at radius 2 is 1.79 bits per heavy atom. The van der Waals surface area contributed by atoms with Crippen molar-refractivity contribution in [3.05, 3.63) is 74.9 Å². The number of hydrogen-bond acceptors (Lipinski definition) is 8. The third kappa shape index (κ3) is 7.71. The van der Waals surface area contributed by atoms with E-state index in [0.29, 0.717) is 23.1 Å². The number of ether oxygens (including phenoxy) is 2. The van der Waals surface area contributed by atoms with Gasteiger partial charge in [-0.2, -0.15) is 0 Å². The van der Waals surface area contributed by atoms with E-state index in [4.69, 9.17) is 14.5 Å². The van der Waals surface area contributed by atoms with E-state index in [1.165, 1.54) is 28.0 Å². The van der Waals surface area contributed by atoms with Crippen LogP contribution in [-0.2, 0) is 29.0 Å². The first kappa shape index (κ1) is 31.1. The summed E-state index contributed by atoms with van der Waals surface area (Å²) in [5, 5.41) is 4.17. The van der Waals surface area contributed by atoms with Crippen LogP contribution in [0.5, 0.6) is 11.5 Å². The van der Waals surface area contributed by atoms with E-state index in [1.54, 1.807) is 44.2 Å². The van der Waals surface area contributed by atoms with Crippen molar-refractivity contribution in [2.24, 2.45) is 0 Å². The van der Waals surface area contributed by atoms with Crippen LogP contribution < -0.4 is 20.3 Å². The molecule has 2 amide bonds. The number of thioether (sulfide) groups is 1. The molecule has 11 heteroatoms. The van der Waals surface area contributed by atoms with Crippen molar-refractivity contribution in [1.29, 1.82) is 0 Å². The molecule has 0 radical (unpaired) electrons. The van der Waals surface area contributed by atoms with Crippen LogP contribution in [0.25, 0.3) is 15.9 Å². The highest BCUT2D eigenvalue weighted by molar-refractivity contribution is 7.99. The van der Waals surface area contributed by atoms with Gasteiger partial charge >= 0.3 is 0 Å². The number of nitrogens with zero attached hydrogens (tertiary/aromatic N) is 3. The largest absolute Gasteiger partial charge is 0.497 e. The Balaban J connectivity index is 0.000000748. The maximum absolute atomic E-state index is 14.0. The summed E-state index contributed by atoms with van der Waals surface area (Å²) in [4.78, 5) is 44.5. The van der Waals surface area contributed by atoms with Crippen LogP contribution in [0, 0.1) is 0 Å². The van der Waals surface area contributed by atoms with Crippen LogP contribution in [-0.4, -0.2) is 60.8 Å². The lowest BCUT2D eigenvalue weighted by atomic mass is 10.1. The van der Waals surface area contributed by atoms with E-state index in [1.807, 2.05) is 48.5 Å². The summed E-state index contributed by atoms with van der Waals surface area (Å²) in [6.07, 6.45) is 6.05. The molecule has 1 aliphatic carbocycles. The monoisotopic (exact) mass is 608 g/mol. The molecule has 222 valence electrons. The van der Waals surface area contributed by atoms with E-state index in [0.717, 1.165) is 59.2 Å². The quantitative estimate of drug-likeness (QED) is 0.126. The molecule has 2 aromatic heterocycles. The number of benzene rings is 2. The zero-order valence-corrected chi connectivity index (χ0v) is 26.0. The minimum Gasteiger partial charge on any atom is -0.497 e. The van der Waals surface area contributed by atoms with Crippen LogP contribution in [0.3, 0.4) is 0 Å². The van der Waals surface area contributed by atoms with Gasteiger partial charge in [-0.05, 0) is 61.1 Å². The Bertz CT molecular complexity index is 1580. The molecule has 4 aromatic rings. The van der Waals surface area contributed by atoms with Gasteiger partial charge in [-0.15, -0.1) is 11.3 Å². The molecule has 0 unspecified atom stereocenters. The van der Waals surface area contributed by atoms with Crippen LogP contribution >= 0.6 is 23.1 Å². The van der Waals surface area contributed by atoms with Crippen LogP contribution in [0.1, 0.15) is 35.3 Å². The van der Waals surface area contributed by atoms with Crippen molar-refractivity contribution >= 4 is 45.6 Å². The minimum absolute atomic E-state index is 0.0844. The molecular formula is C31H36N4O5S2. The van der Waals surface area contributed by atoms with Gasteiger partial charge in [0.1, 0.15) is 16.3 Å². The number of nitrogens with one attached hydrogen (secondary N) is 1. The van der Waals surface area contributed by atoms with Gasteiger partial charge in [-0.1, -0.05) is 36.4 Å². The molecule has 0 saturated heterocycles. The number of amides is 2. The Kier molecular flexibility index (Phi) is 11.0. The summed E-state index contributed by atoms with van der Waals surface area (Å²) in [5.41, 5.74) is 2.72. The lowest BCUT2D eigenvalue weighted by Gasteiger charge is -2.13. The first-order valence-electron chi connectivity index (χ1n) is 13.7. The van der Waals surface area contributed by atoms with Gasteiger partial charge in [-0.25, -0.2) is 4.98 Å². The Labute approximate surface area is 253 Å². The van der Waals surface area contributed by atoms with Crippen molar-refractivity contribution in [2.45, 2.75) is 43.8 Å². The average Bonchev–Trinajstić information content (AvgIpc) is 3.20. The topological polar surface area (TPSA) is 103 Å². The summed E-state index contributed by atoms with van der Waals surface area (Å²) in [6.45, 7) is 0.413. The predicted octanol–water partition coefficient (Wildman–Crippen LogP) is 4.85. The number of rotatable bonds is 9. The van der Waals surface area contributed by atoms with Crippen molar-refractivity contribution in [2.75, 3.05) is 34.1 Å². The molecule has 0 aliphatic heterocycles. The molecule has 5 rings (SSSR count). The maximum atomic E-state index is 14.0. The second kappa shape index (κ2) is 14.9. The molecule has 9 nitrogen and oxygen atoms in total. The number of methoxy groups -OCH3 is 2. The SMILES string of the molecule is CN(C)C=O.COc1ccc(CNC(=O)CSc2nc3sc4c(c3c(=O)n2-c2cccc(OC)c2)CCCCC4)cc1. The van der Waals surface area contributed by atoms with Gasteiger partial charge in [0.25, 0.3) is 5.56 Å². The first-order valence-corrected chi connectivity index (χ1v) is 15.5. The van der Waals surface area contributed by atoms with Crippen molar-refractivity contribution in [1.82, 2.24) is 19.8 Å². The van der Waals surface area contributed by atoms with Gasteiger partial charge < -0.3 is 19.7 Å². The fourth-order valence-corrected chi connectivity index (χ4v) is 6.71. The van der Waals surface area contributed by atoms with E-state index >= 15 is 0 Å². The van der Waals surface area contributed by atoms with Gasteiger partial charge in [0.15, 0.2) is 5.16 Å². The summed E-state index contributed by atoms with van der Waals surface area (Å²) in [7, 11) is 6.60. The lowest BCUT2D eigenvalue weighted by molar-refractivity contribution is -0.118. The average molecular weight is 609 g/mol.